The molecular weight excluding hydrogens is 408 g/mol. The van der Waals surface area contributed by atoms with Crippen molar-refractivity contribution >= 4 is 38.9 Å². The molecule has 0 radical (unpaired) electrons. The molecule has 5 rings (SSSR count). The first kappa shape index (κ1) is 20.2. The predicted molar refractivity (Wildman–Crippen MR) is 124 cm³/mol. The van der Waals surface area contributed by atoms with Gasteiger partial charge in [0.25, 0.3) is 11.8 Å². The van der Waals surface area contributed by atoms with Gasteiger partial charge in [0, 0.05) is 23.6 Å². The number of ether oxygens (including phenoxy) is 1. The van der Waals surface area contributed by atoms with Gasteiger partial charge in [0.15, 0.2) is 0 Å². The van der Waals surface area contributed by atoms with Gasteiger partial charge in [-0.15, -0.1) is 11.3 Å². The largest absolute Gasteiger partial charge is 0.376 e. The summed E-state index contributed by atoms with van der Waals surface area (Å²) in [6, 6.07) is 13.6. The predicted octanol–water partition coefficient (Wildman–Crippen LogP) is 4.94. The fourth-order valence-corrected chi connectivity index (χ4v) is 5.87. The molecule has 2 aromatic carbocycles. The Labute approximate surface area is 185 Å². The average Bonchev–Trinajstić information content (AvgIpc) is 3.44. The normalized spacial score (nSPS) is 18.0. The summed E-state index contributed by atoms with van der Waals surface area (Å²) in [6.07, 6.45) is 6.17. The highest BCUT2D eigenvalue weighted by Crippen LogP contribution is 2.38. The average molecular weight is 435 g/mol. The standard InChI is InChI=1S/C25H26N2O3S/c28-23(19-12-5-8-16-7-1-2-10-18(16)19)27-25-22(20-11-3-4-13-21(20)31-25)24(29)26-15-17-9-6-14-30-17/h1-2,5,7-8,10,12,17H,3-4,6,9,11,13-15H2,(H,26,29)(H,27,28)/t17-/m0/s1. The third kappa shape index (κ3) is 4.10. The first-order valence-electron chi connectivity index (χ1n) is 11.0. The van der Waals surface area contributed by atoms with Crippen LogP contribution in [-0.4, -0.2) is 31.1 Å². The fraction of sp³-hybridized carbons (Fsp3) is 0.360. The Kier molecular flexibility index (Phi) is 5.74. The number of hydrogen-bond acceptors (Lipinski definition) is 4. The lowest BCUT2D eigenvalue weighted by Crippen LogP contribution is -2.32. The number of fused-ring (bicyclic) bond motifs is 2. The van der Waals surface area contributed by atoms with E-state index >= 15 is 0 Å². The van der Waals surface area contributed by atoms with Crippen molar-refractivity contribution in [1.29, 1.82) is 0 Å². The van der Waals surface area contributed by atoms with Crippen molar-refractivity contribution in [2.75, 3.05) is 18.5 Å². The van der Waals surface area contributed by atoms with E-state index in [0.717, 1.165) is 61.5 Å². The number of rotatable bonds is 5. The molecule has 0 bridgehead atoms. The first-order valence-corrected chi connectivity index (χ1v) is 11.9. The topological polar surface area (TPSA) is 67.4 Å². The van der Waals surface area contributed by atoms with Gasteiger partial charge in [-0.2, -0.15) is 0 Å². The molecule has 0 saturated carbocycles. The summed E-state index contributed by atoms with van der Waals surface area (Å²) in [4.78, 5) is 27.6. The van der Waals surface area contributed by atoms with Gasteiger partial charge in [0.1, 0.15) is 5.00 Å². The van der Waals surface area contributed by atoms with E-state index in [2.05, 4.69) is 10.6 Å². The van der Waals surface area contributed by atoms with E-state index in [0.29, 0.717) is 22.7 Å². The van der Waals surface area contributed by atoms with Crippen LogP contribution in [0.5, 0.6) is 0 Å². The lowest BCUT2D eigenvalue weighted by Gasteiger charge is -2.15. The SMILES string of the molecule is O=C(NC[C@@H]1CCCO1)c1c(NC(=O)c2cccc3ccccc23)sc2c1CCCC2. The van der Waals surface area contributed by atoms with E-state index in [4.69, 9.17) is 4.74 Å². The van der Waals surface area contributed by atoms with Crippen molar-refractivity contribution < 1.29 is 14.3 Å². The summed E-state index contributed by atoms with van der Waals surface area (Å²) >= 11 is 1.55. The number of nitrogens with one attached hydrogen (secondary N) is 2. The van der Waals surface area contributed by atoms with Crippen LogP contribution in [0.3, 0.4) is 0 Å². The van der Waals surface area contributed by atoms with Crippen LogP contribution < -0.4 is 10.6 Å². The molecule has 0 unspecified atom stereocenters. The second-order valence-electron chi connectivity index (χ2n) is 8.24. The molecule has 3 aromatic rings. The van der Waals surface area contributed by atoms with Crippen molar-refractivity contribution in [1.82, 2.24) is 5.32 Å². The Balaban J connectivity index is 1.43. The van der Waals surface area contributed by atoms with Gasteiger partial charge in [-0.3, -0.25) is 9.59 Å². The van der Waals surface area contributed by atoms with Gasteiger partial charge in [0.05, 0.1) is 11.7 Å². The minimum absolute atomic E-state index is 0.0899. The number of carbonyl (C=O) groups excluding carboxylic acids is 2. The summed E-state index contributed by atoms with van der Waals surface area (Å²) in [7, 11) is 0. The lowest BCUT2D eigenvalue weighted by atomic mass is 9.95. The van der Waals surface area contributed by atoms with Crippen molar-refractivity contribution in [3.8, 4) is 0 Å². The molecule has 1 fully saturated rings. The molecule has 1 atom stereocenters. The van der Waals surface area contributed by atoms with E-state index in [9.17, 15) is 9.59 Å². The molecule has 1 aliphatic carbocycles. The van der Waals surface area contributed by atoms with Crippen LogP contribution >= 0.6 is 11.3 Å². The van der Waals surface area contributed by atoms with Gasteiger partial charge < -0.3 is 15.4 Å². The lowest BCUT2D eigenvalue weighted by molar-refractivity contribution is 0.0858. The molecule has 2 heterocycles. The number of carbonyl (C=O) groups is 2. The van der Waals surface area contributed by atoms with Crippen molar-refractivity contribution in [2.24, 2.45) is 0 Å². The Morgan fingerprint density at radius 1 is 1.00 bits per heavy atom. The summed E-state index contributed by atoms with van der Waals surface area (Å²) in [6.45, 7) is 1.28. The van der Waals surface area contributed by atoms with Crippen LogP contribution in [0.2, 0.25) is 0 Å². The minimum atomic E-state index is -0.177. The van der Waals surface area contributed by atoms with E-state index in [-0.39, 0.29) is 17.9 Å². The summed E-state index contributed by atoms with van der Waals surface area (Å²) in [5, 5.41) is 8.72. The molecule has 0 spiro atoms. The molecule has 1 aromatic heterocycles. The summed E-state index contributed by atoms with van der Waals surface area (Å²) < 4.78 is 5.65. The van der Waals surface area contributed by atoms with Gasteiger partial charge >= 0.3 is 0 Å². The van der Waals surface area contributed by atoms with Crippen LogP contribution in [0.4, 0.5) is 5.00 Å². The Morgan fingerprint density at radius 2 is 1.84 bits per heavy atom. The smallest absolute Gasteiger partial charge is 0.256 e. The molecule has 31 heavy (non-hydrogen) atoms. The first-order chi connectivity index (χ1) is 15.2. The third-order valence-electron chi connectivity index (χ3n) is 6.17. The summed E-state index contributed by atoms with van der Waals surface area (Å²) in [5.74, 6) is -0.285. The molecule has 1 saturated heterocycles. The van der Waals surface area contributed by atoms with Crippen molar-refractivity contribution in [3.63, 3.8) is 0 Å². The van der Waals surface area contributed by atoms with Crippen molar-refractivity contribution in [3.05, 3.63) is 64.0 Å². The highest BCUT2D eigenvalue weighted by molar-refractivity contribution is 7.17. The van der Waals surface area contributed by atoms with E-state index in [1.54, 1.807) is 11.3 Å². The van der Waals surface area contributed by atoms with Gasteiger partial charge in [0.2, 0.25) is 0 Å². The number of aryl methyl sites for hydroxylation is 1. The molecule has 2 aliphatic rings. The maximum Gasteiger partial charge on any atom is 0.256 e. The monoisotopic (exact) mass is 434 g/mol. The second kappa shape index (κ2) is 8.81. The van der Waals surface area contributed by atoms with Gasteiger partial charge in [-0.05, 0) is 60.9 Å². The Hall–Kier alpha value is -2.70. The third-order valence-corrected chi connectivity index (χ3v) is 7.38. The highest BCUT2D eigenvalue weighted by atomic mass is 32.1. The number of amides is 2. The second-order valence-corrected chi connectivity index (χ2v) is 9.35. The quantitative estimate of drug-likeness (QED) is 0.598. The van der Waals surface area contributed by atoms with Crippen LogP contribution in [0.15, 0.2) is 42.5 Å². The van der Waals surface area contributed by atoms with E-state index < -0.39 is 0 Å². The number of thiophene rings is 1. The van der Waals surface area contributed by atoms with Crippen LogP contribution in [-0.2, 0) is 17.6 Å². The molecule has 2 N–H and O–H groups in total. The molecule has 160 valence electrons. The van der Waals surface area contributed by atoms with E-state index in [1.165, 1.54) is 4.88 Å². The highest BCUT2D eigenvalue weighted by Gasteiger charge is 2.27. The van der Waals surface area contributed by atoms with Gasteiger partial charge in [-0.25, -0.2) is 0 Å². The Morgan fingerprint density at radius 3 is 2.71 bits per heavy atom. The van der Waals surface area contributed by atoms with Gasteiger partial charge in [-0.1, -0.05) is 36.4 Å². The van der Waals surface area contributed by atoms with Crippen LogP contribution in [0, 0.1) is 0 Å². The van der Waals surface area contributed by atoms with Crippen LogP contribution in [0.1, 0.15) is 56.8 Å². The maximum atomic E-state index is 13.2. The number of hydrogen-bond donors (Lipinski definition) is 2. The summed E-state index contributed by atoms with van der Waals surface area (Å²) in [5.41, 5.74) is 2.37. The van der Waals surface area contributed by atoms with Crippen LogP contribution in [0.25, 0.3) is 10.8 Å². The molecule has 5 nitrogen and oxygen atoms in total. The number of anilines is 1. The molecule has 1 aliphatic heterocycles. The molecule has 6 heteroatoms. The zero-order valence-electron chi connectivity index (χ0n) is 17.4. The Bertz CT molecular complexity index is 1130. The molecular formula is C25H26N2O3S. The fourth-order valence-electron chi connectivity index (χ4n) is 4.59. The minimum Gasteiger partial charge on any atom is -0.376 e. The molecule has 2 amide bonds. The maximum absolute atomic E-state index is 13.2. The van der Waals surface area contributed by atoms with Crippen molar-refractivity contribution in [2.45, 2.75) is 44.6 Å². The zero-order valence-corrected chi connectivity index (χ0v) is 18.2. The van der Waals surface area contributed by atoms with E-state index in [1.807, 2.05) is 42.5 Å². The zero-order chi connectivity index (χ0) is 21.2. The number of benzene rings is 2.